The molecule has 1 atom stereocenters. The summed E-state index contributed by atoms with van der Waals surface area (Å²) in [7, 11) is 0. The normalized spacial score (nSPS) is 11.5. The number of nitrogens with one attached hydrogen (secondary N) is 2. The van der Waals surface area contributed by atoms with Gasteiger partial charge in [-0.25, -0.2) is 4.79 Å². The van der Waals surface area contributed by atoms with Gasteiger partial charge in [0.05, 0.1) is 5.75 Å². The topological polar surface area (TPSA) is 95.5 Å². The number of imide groups is 1. The minimum absolute atomic E-state index is 0.0824. The van der Waals surface area contributed by atoms with E-state index in [0.717, 1.165) is 17.3 Å². The Morgan fingerprint density at radius 1 is 1.24 bits per heavy atom. The molecule has 0 fully saturated rings. The zero-order chi connectivity index (χ0) is 15.7. The van der Waals surface area contributed by atoms with Crippen LogP contribution in [0, 0.1) is 0 Å². The number of benzene rings is 1. The average Bonchev–Trinajstić information content (AvgIpc) is 2.44. The predicted octanol–water partition coefficient (Wildman–Crippen LogP) is 1.26. The van der Waals surface area contributed by atoms with Gasteiger partial charge in [0.2, 0.25) is 5.91 Å². The van der Waals surface area contributed by atoms with Gasteiger partial charge in [-0.05, 0) is 18.9 Å². The molecule has 7 heteroatoms. The van der Waals surface area contributed by atoms with Crippen molar-refractivity contribution in [3.05, 3.63) is 35.9 Å². The molecule has 0 spiro atoms. The third-order valence-corrected chi connectivity index (χ3v) is 3.74. The molecule has 21 heavy (non-hydrogen) atoms. The lowest BCUT2D eigenvalue weighted by atomic mass is 10.1. The lowest BCUT2D eigenvalue weighted by molar-refractivity contribution is -0.136. The fourth-order valence-corrected chi connectivity index (χ4v) is 2.47. The Hall–Kier alpha value is -2.02. The highest BCUT2D eigenvalue weighted by molar-refractivity contribution is 8.01. The first kappa shape index (κ1) is 17.0. The van der Waals surface area contributed by atoms with Gasteiger partial charge in [0.1, 0.15) is 5.25 Å². The van der Waals surface area contributed by atoms with Crippen molar-refractivity contribution in [3.8, 4) is 0 Å². The Bertz CT molecular complexity index is 493. The number of aliphatic carboxylic acids is 1. The van der Waals surface area contributed by atoms with Gasteiger partial charge < -0.3 is 10.4 Å². The number of carboxylic acids is 1. The van der Waals surface area contributed by atoms with Crippen molar-refractivity contribution in [3.63, 3.8) is 0 Å². The summed E-state index contributed by atoms with van der Waals surface area (Å²) >= 11 is 1.00. The molecule has 0 bridgehead atoms. The molecule has 0 aliphatic carbocycles. The van der Waals surface area contributed by atoms with Gasteiger partial charge in [0, 0.05) is 6.54 Å². The van der Waals surface area contributed by atoms with Gasteiger partial charge in [-0.2, -0.15) is 0 Å². The monoisotopic (exact) mass is 310 g/mol. The fraction of sp³-hybridized carbons (Fsp3) is 0.357. The van der Waals surface area contributed by atoms with Crippen molar-refractivity contribution in [1.29, 1.82) is 0 Å². The van der Waals surface area contributed by atoms with E-state index < -0.39 is 23.2 Å². The van der Waals surface area contributed by atoms with E-state index in [1.165, 1.54) is 0 Å². The van der Waals surface area contributed by atoms with E-state index in [1.54, 1.807) is 6.92 Å². The number of thioether (sulfide) groups is 1. The summed E-state index contributed by atoms with van der Waals surface area (Å²) in [4.78, 5) is 33.9. The molecule has 3 amide bonds. The molecule has 3 N–H and O–H groups in total. The summed E-state index contributed by atoms with van der Waals surface area (Å²) in [5.74, 6) is -1.57. The predicted molar refractivity (Wildman–Crippen MR) is 81.2 cm³/mol. The first-order valence-corrected chi connectivity index (χ1v) is 7.53. The van der Waals surface area contributed by atoms with Crippen molar-refractivity contribution in [1.82, 2.24) is 10.6 Å². The van der Waals surface area contributed by atoms with Crippen molar-refractivity contribution < 1.29 is 19.5 Å². The zero-order valence-electron chi connectivity index (χ0n) is 11.7. The number of hydrogen-bond acceptors (Lipinski definition) is 4. The molecule has 0 aliphatic rings. The number of carbonyl (C=O) groups excluding carboxylic acids is 2. The van der Waals surface area contributed by atoms with Crippen LogP contribution < -0.4 is 10.6 Å². The van der Waals surface area contributed by atoms with Crippen LogP contribution in [-0.2, 0) is 16.0 Å². The minimum Gasteiger partial charge on any atom is -0.480 e. The molecule has 114 valence electrons. The van der Waals surface area contributed by atoms with E-state index in [-0.39, 0.29) is 5.75 Å². The first-order chi connectivity index (χ1) is 10.0. The third kappa shape index (κ3) is 6.80. The van der Waals surface area contributed by atoms with Crippen LogP contribution in [0.5, 0.6) is 0 Å². The second kappa shape index (κ2) is 9.02. The summed E-state index contributed by atoms with van der Waals surface area (Å²) in [5, 5.41) is 13.0. The van der Waals surface area contributed by atoms with Crippen LogP contribution in [0.2, 0.25) is 0 Å². The summed E-state index contributed by atoms with van der Waals surface area (Å²) in [5.41, 5.74) is 0.890. The van der Waals surface area contributed by atoms with Gasteiger partial charge >= 0.3 is 12.0 Å². The van der Waals surface area contributed by atoms with Crippen LogP contribution in [0.4, 0.5) is 4.79 Å². The maximum atomic E-state index is 11.5. The average molecular weight is 310 g/mol. The molecule has 1 aromatic carbocycles. The highest BCUT2D eigenvalue weighted by Gasteiger charge is 2.20. The molecule has 1 aromatic rings. The van der Waals surface area contributed by atoms with Crippen molar-refractivity contribution >= 4 is 29.7 Å². The van der Waals surface area contributed by atoms with Gasteiger partial charge in [0.25, 0.3) is 0 Å². The highest BCUT2D eigenvalue weighted by atomic mass is 32.2. The van der Waals surface area contributed by atoms with E-state index in [4.69, 9.17) is 0 Å². The fourth-order valence-electron chi connectivity index (χ4n) is 1.59. The second-order valence-corrected chi connectivity index (χ2v) is 5.43. The molecule has 0 saturated carbocycles. The molecule has 6 nitrogen and oxygen atoms in total. The highest BCUT2D eigenvalue weighted by Crippen LogP contribution is 2.16. The molecule has 0 heterocycles. The Balaban J connectivity index is 2.46. The van der Waals surface area contributed by atoms with E-state index in [1.807, 2.05) is 30.3 Å². The Kier molecular flexibility index (Phi) is 7.31. The smallest absolute Gasteiger partial charge is 0.321 e. The Morgan fingerprint density at radius 2 is 1.90 bits per heavy atom. The zero-order valence-corrected chi connectivity index (χ0v) is 12.5. The van der Waals surface area contributed by atoms with E-state index in [2.05, 4.69) is 10.6 Å². The number of carboxylic acid groups (broad SMARTS) is 1. The molecular weight excluding hydrogens is 292 g/mol. The van der Waals surface area contributed by atoms with E-state index in [0.29, 0.717) is 13.0 Å². The molecular formula is C14H18N2O4S. The first-order valence-electron chi connectivity index (χ1n) is 6.49. The Labute approximate surface area is 127 Å². The lowest BCUT2D eigenvalue weighted by Crippen LogP contribution is -2.40. The maximum Gasteiger partial charge on any atom is 0.321 e. The van der Waals surface area contributed by atoms with Crippen molar-refractivity contribution in [2.75, 3.05) is 12.3 Å². The van der Waals surface area contributed by atoms with Crippen LogP contribution in [-0.4, -0.2) is 40.6 Å². The standard InChI is InChI=1S/C14H18N2O4S/c1-2-15-14(20)16-12(17)9-21-11(13(18)19)8-10-6-4-3-5-7-10/h3-7,11H,2,8-9H2,1H3,(H,18,19)(H2,15,16,17,20). The van der Waals surface area contributed by atoms with Crippen molar-refractivity contribution in [2.24, 2.45) is 0 Å². The van der Waals surface area contributed by atoms with Crippen LogP contribution in [0.3, 0.4) is 0 Å². The van der Waals surface area contributed by atoms with Crippen LogP contribution in [0.25, 0.3) is 0 Å². The van der Waals surface area contributed by atoms with Crippen LogP contribution >= 0.6 is 11.8 Å². The number of hydrogen-bond donors (Lipinski definition) is 3. The minimum atomic E-state index is -0.977. The number of urea groups is 1. The van der Waals surface area contributed by atoms with Gasteiger partial charge in [-0.3, -0.25) is 14.9 Å². The molecule has 0 aliphatic heterocycles. The molecule has 0 radical (unpaired) electrons. The largest absolute Gasteiger partial charge is 0.480 e. The molecule has 1 unspecified atom stereocenters. The number of rotatable bonds is 7. The number of amides is 3. The van der Waals surface area contributed by atoms with Crippen LogP contribution in [0.15, 0.2) is 30.3 Å². The third-order valence-electron chi connectivity index (χ3n) is 2.55. The quantitative estimate of drug-likeness (QED) is 0.705. The maximum absolute atomic E-state index is 11.5. The lowest BCUT2D eigenvalue weighted by Gasteiger charge is -2.12. The van der Waals surface area contributed by atoms with Gasteiger partial charge in [0.15, 0.2) is 0 Å². The number of carbonyl (C=O) groups is 3. The SMILES string of the molecule is CCNC(=O)NC(=O)CSC(Cc1ccccc1)C(=O)O. The Morgan fingerprint density at radius 3 is 2.48 bits per heavy atom. The van der Waals surface area contributed by atoms with E-state index in [9.17, 15) is 19.5 Å². The summed E-state index contributed by atoms with van der Waals surface area (Å²) < 4.78 is 0. The van der Waals surface area contributed by atoms with Crippen molar-refractivity contribution in [2.45, 2.75) is 18.6 Å². The molecule has 0 aromatic heterocycles. The second-order valence-electron chi connectivity index (χ2n) is 4.24. The molecule has 0 saturated heterocycles. The summed E-state index contributed by atoms with van der Waals surface area (Å²) in [6.45, 7) is 2.15. The summed E-state index contributed by atoms with van der Waals surface area (Å²) in [6, 6.07) is 8.63. The summed E-state index contributed by atoms with van der Waals surface area (Å²) in [6.07, 6.45) is 0.329. The molecule has 1 rings (SSSR count). The van der Waals surface area contributed by atoms with E-state index >= 15 is 0 Å². The van der Waals surface area contributed by atoms with Gasteiger partial charge in [-0.15, -0.1) is 11.8 Å². The van der Waals surface area contributed by atoms with Gasteiger partial charge in [-0.1, -0.05) is 30.3 Å². The van der Waals surface area contributed by atoms with Crippen LogP contribution in [0.1, 0.15) is 12.5 Å².